The predicted molar refractivity (Wildman–Crippen MR) is 69.5 cm³/mol. The van der Waals surface area contributed by atoms with Gasteiger partial charge < -0.3 is 10.3 Å². The van der Waals surface area contributed by atoms with E-state index in [1.807, 2.05) is 34.3 Å². The van der Waals surface area contributed by atoms with Crippen molar-refractivity contribution in [2.24, 2.45) is 7.05 Å². The molecule has 0 saturated carbocycles. The van der Waals surface area contributed by atoms with Gasteiger partial charge in [-0.05, 0) is 28.1 Å². The van der Waals surface area contributed by atoms with Crippen LogP contribution in [0.1, 0.15) is 0 Å². The van der Waals surface area contributed by atoms with Gasteiger partial charge in [-0.1, -0.05) is 0 Å². The molecule has 0 amide bonds. The van der Waals surface area contributed by atoms with Crippen LogP contribution in [0.15, 0.2) is 35.3 Å². The molecule has 6 heteroatoms. The average molecular weight is 292 g/mol. The summed E-state index contributed by atoms with van der Waals surface area (Å²) in [5.74, 6) is 0.616. The van der Waals surface area contributed by atoms with Gasteiger partial charge in [0, 0.05) is 13.2 Å². The maximum atomic E-state index is 6.11. The number of hydrogen-bond acceptors (Lipinski definition) is 3. The summed E-state index contributed by atoms with van der Waals surface area (Å²) in [5, 5.41) is 0. The highest BCUT2D eigenvalue weighted by Gasteiger charge is 2.14. The summed E-state index contributed by atoms with van der Waals surface area (Å²) >= 11 is 3.46. The largest absolute Gasteiger partial charge is 0.383 e. The van der Waals surface area contributed by atoms with E-state index in [1.165, 1.54) is 0 Å². The fraction of sp³-hybridized carbons (Fsp3) is 0.0909. The second-order valence-electron chi connectivity index (χ2n) is 3.79. The molecule has 0 saturated heterocycles. The number of hydrogen-bond donors (Lipinski definition) is 1. The fourth-order valence-corrected chi connectivity index (χ4v) is 2.26. The van der Waals surface area contributed by atoms with E-state index < -0.39 is 0 Å². The number of nitrogen functional groups attached to an aromatic ring is 1. The molecule has 0 spiro atoms. The first-order valence-corrected chi connectivity index (χ1v) is 5.86. The van der Waals surface area contributed by atoms with Crippen molar-refractivity contribution < 1.29 is 0 Å². The number of halogens is 1. The smallest absolute Gasteiger partial charge is 0.153 e. The molecule has 17 heavy (non-hydrogen) atoms. The Morgan fingerprint density at radius 1 is 1.41 bits per heavy atom. The van der Waals surface area contributed by atoms with Gasteiger partial charge in [0.15, 0.2) is 5.65 Å². The molecule has 5 nitrogen and oxygen atoms in total. The molecule has 0 aromatic carbocycles. The molecule has 0 bridgehead atoms. The Balaban J connectivity index is 2.36. The standard InChI is InChI=1S/C11H10BrN5/c1-16-6-14-5-8(16)9-10(13)17-4-2-3-7(12)11(17)15-9/h2-6H,13H2,1H3. The van der Waals surface area contributed by atoms with E-state index in [9.17, 15) is 0 Å². The Kier molecular flexibility index (Phi) is 2.19. The van der Waals surface area contributed by atoms with Gasteiger partial charge in [-0.3, -0.25) is 4.40 Å². The minimum Gasteiger partial charge on any atom is -0.383 e. The number of pyridine rings is 1. The summed E-state index contributed by atoms with van der Waals surface area (Å²) in [7, 11) is 1.92. The Labute approximate surface area is 106 Å². The van der Waals surface area contributed by atoms with Gasteiger partial charge in [-0.25, -0.2) is 9.97 Å². The zero-order valence-corrected chi connectivity index (χ0v) is 10.7. The monoisotopic (exact) mass is 291 g/mol. The summed E-state index contributed by atoms with van der Waals surface area (Å²) in [5.41, 5.74) is 8.56. The van der Waals surface area contributed by atoms with Crippen molar-refractivity contribution in [3.63, 3.8) is 0 Å². The van der Waals surface area contributed by atoms with Crippen molar-refractivity contribution in [3.05, 3.63) is 35.3 Å². The van der Waals surface area contributed by atoms with Gasteiger partial charge in [-0.15, -0.1) is 0 Å². The van der Waals surface area contributed by atoms with E-state index in [0.717, 1.165) is 21.5 Å². The molecule has 0 radical (unpaired) electrons. The predicted octanol–water partition coefficient (Wildman–Crippen LogP) is 2.08. The highest BCUT2D eigenvalue weighted by molar-refractivity contribution is 9.10. The van der Waals surface area contributed by atoms with Crippen molar-refractivity contribution >= 4 is 27.4 Å². The molecule has 0 atom stereocenters. The number of rotatable bonds is 1. The number of nitrogens with two attached hydrogens (primary N) is 1. The average Bonchev–Trinajstić information content (AvgIpc) is 2.85. The van der Waals surface area contributed by atoms with Gasteiger partial charge >= 0.3 is 0 Å². The topological polar surface area (TPSA) is 61.1 Å². The van der Waals surface area contributed by atoms with Crippen LogP contribution in [0.4, 0.5) is 5.82 Å². The normalized spacial score (nSPS) is 11.2. The SMILES string of the molecule is Cn1cncc1-c1nc2c(Br)cccn2c1N. The lowest BCUT2D eigenvalue weighted by atomic mass is 10.3. The van der Waals surface area contributed by atoms with Gasteiger partial charge in [0.05, 0.1) is 22.7 Å². The van der Waals surface area contributed by atoms with Gasteiger partial charge in [0.25, 0.3) is 0 Å². The number of anilines is 1. The minimum absolute atomic E-state index is 0.616. The number of nitrogens with zero attached hydrogens (tertiary/aromatic N) is 4. The number of imidazole rings is 2. The minimum atomic E-state index is 0.616. The van der Waals surface area contributed by atoms with Crippen molar-refractivity contribution in [1.82, 2.24) is 18.9 Å². The maximum Gasteiger partial charge on any atom is 0.153 e. The van der Waals surface area contributed by atoms with Crippen LogP contribution in [-0.4, -0.2) is 18.9 Å². The van der Waals surface area contributed by atoms with E-state index in [-0.39, 0.29) is 0 Å². The summed E-state index contributed by atoms with van der Waals surface area (Å²) < 4.78 is 4.67. The Morgan fingerprint density at radius 2 is 2.24 bits per heavy atom. The van der Waals surface area contributed by atoms with Crippen LogP contribution in [-0.2, 0) is 7.05 Å². The molecule has 3 aromatic rings. The molecule has 0 aliphatic carbocycles. The Bertz CT molecular complexity index is 697. The van der Waals surface area contributed by atoms with Crippen molar-refractivity contribution in [2.75, 3.05) is 5.73 Å². The van der Waals surface area contributed by atoms with Crippen LogP contribution in [0, 0.1) is 0 Å². The Hall–Kier alpha value is -1.82. The van der Waals surface area contributed by atoms with Gasteiger partial charge in [0.2, 0.25) is 0 Å². The lowest BCUT2D eigenvalue weighted by Crippen LogP contribution is -1.96. The van der Waals surface area contributed by atoms with Crippen LogP contribution >= 0.6 is 15.9 Å². The van der Waals surface area contributed by atoms with E-state index >= 15 is 0 Å². The molecule has 0 aliphatic heterocycles. The first-order valence-electron chi connectivity index (χ1n) is 5.07. The summed E-state index contributed by atoms with van der Waals surface area (Å²) in [6, 6.07) is 3.86. The third kappa shape index (κ3) is 1.44. The van der Waals surface area contributed by atoms with Crippen LogP contribution < -0.4 is 5.73 Å². The third-order valence-electron chi connectivity index (χ3n) is 2.70. The van der Waals surface area contributed by atoms with Crippen molar-refractivity contribution in [2.45, 2.75) is 0 Å². The zero-order chi connectivity index (χ0) is 12.0. The van der Waals surface area contributed by atoms with E-state index in [2.05, 4.69) is 25.9 Å². The van der Waals surface area contributed by atoms with E-state index in [4.69, 9.17) is 5.73 Å². The summed E-state index contributed by atoms with van der Waals surface area (Å²) in [4.78, 5) is 8.62. The molecular weight excluding hydrogens is 282 g/mol. The molecule has 3 aromatic heterocycles. The lowest BCUT2D eigenvalue weighted by Gasteiger charge is -1.99. The maximum absolute atomic E-state index is 6.11. The van der Waals surface area contributed by atoms with E-state index in [1.54, 1.807) is 12.5 Å². The molecule has 3 heterocycles. The molecular formula is C11H10BrN5. The van der Waals surface area contributed by atoms with Crippen LogP contribution in [0.2, 0.25) is 0 Å². The first kappa shape index (κ1) is 10.3. The molecule has 0 unspecified atom stereocenters. The van der Waals surface area contributed by atoms with Gasteiger partial charge in [0.1, 0.15) is 11.5 Å². The fourth-order valence-electron chi connectivity index (χ4n) is 1.83. The second-order valence-corrected chi connectivity index (χ2v) is 4.64. The highest BCUT2D eigenvalue weighted by atomic mass is 79.9. The number of aryl methyl sites for hydroxylation is 1. The molecule has 2 N–H and O–H groups in total. The van der Waals surface area contributed by atoms with Crippen LogP contribution in [0.5, 0.6) is 0 Å². The summed E-state index contributed by atoms with van der Waals surface area (Å²) in [6.07, 6.45) is 5.38. The summed E-state index contributed by atoms with van der Waals surface area (Å²) in [6.45, 7) is 0. The first-order chi connectivity index (χ1) is 8.18. The molecule has 3 rings (SSSR count). The quantitative estimate of drug-likeness (QED) is 0.747. The highest BCUT2D eigenvalue weighted by Crippen LogP contribution is 2.28. The van der Waals surface area contributed by atoms with Crippen LogP contribution in [0.3, 0.4) is 0 Å². The molecule has 86 valence electrons. The van der Waals surface area contributed by atoms with Gasteiger partial charge in [-0.2, -0.15) is 0 Å². The van der Waals surface area contributed by atoms with Crippen LogP contribution in [0.25, 0.3) is 17.0 Å². The lowest BCUT2D eigenvalue weighted by molar-refractivity contribution is 0.918. The van der Waals surface area contributed by atoms with Crippen molar-refractivity contribution in [3.8, 4) is 11.4 Å². The Morgan fingerprint density at radius 3 is 2.88 bits per heavy atom. The third-order valence-corrected chi connectivity index (χ3v) is 3.32. The molecule has 0 fully saturated rings. The zero-order valence-electron chi connectivity index (χ0n) is 9.13. The molecule has 0 aliphatic rings. The number of aromatic nitrogens is 4. The number of fused-ring (bicyclic) bond motifs is 1. The second kappa shape index (κ2) is 3.59. The van der Waals surface area contributed by atoms with Crippen molar-refractivity contribution in [1.29, 1.82) is 0 Å². The van der Waals surface area contributed by atoms with E-state index in [0.29, 0.717) is 5.82 Å².